The number of benzene rings is 2. The Hall–Kier alpha value is -1.87. The molecule has 1 atom stereocenters. The van der Waals surface area contributed by atoms with E-state index < -0.39 is 21.9 Å². The summed E-state index contributed by atoms with van der Waals surface area (Å²) in [6.07, 6.45) is 0. The van der Waals surface area contributed by atoms with Crippen LogP contribution >= 0.6 is 12.4 Å². The lowest BCUT2D eigenvalue weighted by Crippen LogP contribution is -2.48. The molecule has 1 N–H and O–H groups in total. The van der Waals surface area contributed by atoms with Gasteiger partial charge < -0.3 is 14.8 Å². The monoisotopic (exact) mass is 416 g/mol. The van der Waals surface area contributed by atoms with Gasteiger partial charge in [0, 0.05) is 25.7 Å². The predicted molar refractivity (Wildman–Crippen MR) is 103 cm³/mol. The van der Waals surface area contributed by atoms with Crippen molar-refractivity contribution >= 4 is 22.4 Å². The van der Waals surface area contributed by atoms with E-state index in [1.165, 1.54) is 36.7 Å². The quantitative estimate of drug-likeness (QED) is 0.811. The molecule has 27 heavy (non-hydrogen) atoms. The number of rotatable bonds is 5. The van der Waals surface area contributed by atoms with Crippen molar-refractivity contribution in [2.75, 3.05) is 33.9 Å². The van der Waals surface area contributed by atoms with Gasteiger partial charge in [-0.3, -0.25) is 0 Å². The molecule has 0 radical (unpaired) electrons. The van der Waals surface area contributed by atoms with Gasteiger partial charge in [-0.05, 0) is 29.8 Å². The van der Waals surface area contributed by atoms with E-state index in [2.05, 4.69) is 5.32 Å². The summed E-state index contributed by atoms with van der Waals surface area (Å²) in [5, 5.41) is 3.17. The van der Waals surface area contributed by atoms with Gasteiger partial charge >= 0.3 is 0 Å². The van der Waals surface area contributed by atoms with Crippen LogP contribution in [0.5, 0.6) is 11.5 Å². The number of ether oxygens (including phenoxy) is 2. The van der Waals surface area contributed by atoms with Gasteiger partial charge in [-0.25, -0.2) is 12.8 Å². The summed E-state index contributed by atoms with van der Waals surface area (Å²) >= 11 is 0. The molecular weight excluding hydrogens is 395 g/mol. The molecule has 1 heterocycles. The molecule has 1 unspecified atom stereocenters. The van der Waals surface area contributed by atoms with Crippen molar-refractivity contribution in [1.29, 1.82) is 0 Å². The van der Waals surface area contributed by atoms with E-state index in [-0.39, 0.29) is 29.6 Å². The summed E-state index contributed by atoms with van der Waals surface area (Å²) in [5.41, 5.74) is 0.600. The molecular formula is C18H22ClFN2O4S. The summed E-state index contributed by atoms with van der Waals surface area (Å²) in [4.78, 5) is 0.0302. The van der Waals surface area contributed by atoms with Gasteiger partial charge in [0.15, 0.2) is 0 Å². The molecule has 1 aliphatic heterocycles. The molecule has 9 heteroatoms. The van der Waals surface area contributed by atoms with E-state index in [9.17, 15) is 12.8 Å². The standard InChI is InChI=1S/C18H21FN2O4S.ClH/c1-24-15-6-7-17(25-2)18(11-15)26(22,23)21-9-8-20-12-16(21)13-4-3-5-14(19)10-13;/h3-7,10-11,16,20H,8-9,12H2,1-2H3;1H. The fourth-order valence-corrected chi connectivity index (χ4v) is 4.87. The summed E-state index contributed by atoms with van der Waals surface area (Å²) < 4.78 is 52.2. The number of nitrogens with zero attached hydrogens (tertiary/aromatic N) is 1. The van der Waals surface area contributed by atoms with Gasteiger partial charge in [-0.1, -0.05) is 12.1 Å². The van der Waals surface area contributed by atoms with Crippen LogP contribution < -0.4 is 14.8 Å². The van der Waals surface area contributed by atoms with E-state index in [4.69, 9.17) is 9.47 Å². The fraction of sp³-hybridized carbons (Fsp3) is 0.333. The maximum absolute atomic E-state index is 13.7. The molecule has 148 valence electrons. The van der Waals surface area contributed by atoms with Crippen molar-refractivity contribution in [2.45, 2.75) is 10.9 Å². The van der Waals surface area contributed by atoms with Crippen LogP contribution in [0, 0.1) is 5.82 Å². The minimum Gasteiger partial charge on any atom is -0.497 e. The summed E-state index contributed by atoms with van der Waals surface area (Å²) in [6.45, 7) is 1.18. The normalized spacial score (nSPS) is 17.8. The SMILES string of the molecule is COc1ccc(OC)c(S(=O)(=O)N2CCNCC2c2cccc(F)c2)c1.Cl. The number of halogens is 2. The first-order valence-electron chi connectivity index (χ1n) is 8.17. The molecule has 0 aliphatic carbocycles. The molecule has 2 aromatic carbocycles. The fourth-order valence-electron chi connectivity index (χ4n) is 3.08. The maximum Gasteiger partial charge on any atom is 0.247 e. The largest absolute Gasteiger partial charge is 0.497 e. The molecule has 2 aromatic rings. The number of sulfonamides is 1. The molecule has 1 fully saturated rings. The average molecular weight is 417 g/mol. The Bertz CT molecular complexity index is 895. The predicted octanol–water partition coefficient (Wildman–Crippen LogP) is 2.60. The van der Waals surface area contributed by atoms with Crippen LogP contribution in [0.25, 0.3) is 0 Å². The summed E-state index contributed by atoms with van der Waals surface area (Å²) in [5.74, 6) is 0.258. The Morgan fingerprint density at radius 2 is 1.93 bits per heavy atom. The molecule has 0 amide bonds. The van der Waals surface area contributed by atoms with Crippen molar-refractivity contribution in [3.05, 3.63) is 53.8 Å². The van der Waals surface area contributed by atoms with Gasteiger partial charge in [-0.2, -0.15) is 4.31 Å². The minimum absolute atomic E-state index is 0. The first-order chi connectivity index (χ1) is 12.5. The number of hydrogen-bond acceptors (Lipinski definition) is 5. The lowest BCUT2D eigenvalue weighted by atomic mass is 10.1. The van der Waals surface area contributed by atoms with Gasteiger partial charge in [0.1, 0.15) is 22.2 Å². The maximum atomic E-state index is 13.7. The summed E-state index contributed by atoms with van der Waals surface area (Å²) in [6, 6.07) is 10.1. The number of hydrogen-bond donors (Lipinski definition) is 1. The highest BCUT2D eigenvalue weighted by Crippen LogP contribution is 2.35. The van der Waals surface area contributed by atoms with E-state index >= 15 is 0 Å². The van der Waals surface area contributed by atoms with Gasteiger partial charge in [0.05, 0.1) is 20.3 Å². The highest BCUT2D eigenvalue weighted by Gasteiger charge is 2.36. The van der Waals surface area contributed by atoms with Gasteiger partial charge in [-0.15, -0.1) is 12.4 Å². The van der Waals surface area contributed by atoms with Crippen LogP contribution in [0.2, 0.25) is 0 Å². The molecule has 3 rings (SSSR count). The molecule has 0 saturated carbocycles. The number of methoxy groups -OCH3 is 2. The molecule has 0 spiro atoms. The lowest BCUT2D eigenvalue weighted by molar-refractivity contribution is 0.269. The lowest BCUT2D eigenvalue weighted by Gasteiger charge is -2.35. The van der Waals surface area contributed by atoms with E-state index in [1.807, 2.05) is 0 Å². The van der Waals surface area contributed by atoms with Gasteiger partial charge in [0.2, 0.25) is 10.0 Å². The summed E-state index contributed by atoms with van der Waals surface area (Å²) in [7, 11) is -0.992. The van der Waals surface area contributed by atoms with Crippen LogP contribution in [-0.2, 0) is 10.0 Å². The first kappa shape index (κ1) is 21.4. The Morgan fingerprint density at radius 3 is 2.59 bits per heavy atom. The van der Waals surface area contributed by atoms with Crippen molar-refractivity contribution < 1.29 is 22.3 Å². The minimum atomic E-state index is -3.88. The van der Waals surface area contributed by atoms with E-state index in [0.717, 1.165) is 0 Å². The number of piperazine rings is 1. The van der Waals surface area contributed by atoms with Crippen LogP contribution in [0.1, 0.15) is 11.6 Å². The Morgan fingerprint density at radius 1 is 1.15 bits per heavy atom. The molecule has 0 bridgehead atoms. The third-order valence-corrected chi connectivity index (χ3v) is 6.31. The topological polar surface area (TPSA) is 67.9 Å². The van der Waals surface area contributed by atoms with E-state index in [0.29, 0.717) is 24.4 Å². The molecule has 6 nitrogen and oxygen atoms in total. The molecule has 0 aromatic heterocycles. The second-order valence-corrected chi connectivity index (χ2v) is 7.77. The zero-order valence-electron chi connectivity index (χ0n) is 15.0. The smallest absolute Gasteiger partial charge is 0.247 e. The van der Waals surface area contributed by atoms with Crippen molar-refractivity contribution in [2.24, 2.45) is 0 Å². The van der Waals surface area contributed by atoms with Crippen molar-refractivity contribution in [1.82, 2.24) is 9.62 Å². The van der Waals surface area contributed by atoms with Crippen LogP contribution in [0.15, 0.2) is 47.4 Å². The molecule has 1 saturated heterocycles. The Labute approximate surface area is 164 Å². The van der Waals surface area contributed by atoms with Gasteiger partial charge in [0.25, 0.3) is 0 Å². The van der Waals surface area contributed by atoms with Crippen LogP contribution in [0.4, 0.5) is 4.39 Å². The highest BCUT2D eigenvalue weighted by atomic mass is 35.5. The average Bonchev–Trinajstić information content (AvgIpc) is 2.67. The second kappa shape index (κ2) is 8.88. The Kier molecular flexibility index (Phi) is 7.05. The second-order valence-electron chi connectivity index (χ2n) is 5.91. The van der Waals surface area contributed by atoms with Crippen molar-refractivity contribution in [3.63, 3.8) is 0 Å². The third-order valence-electron chi connectivity index (χ3n) is 4.39. The van der Waals surface area contributed by atoms with E-state index in [1.54, 1.807) is 24.3 Å². The first-order valence-corrected chi connectivity index (χ1v) is 9.61. The Balaban J connectivity index is 0.00000261. The third kappa shape index (κ3) is 4.35. The van der Waals surface area contributed by atoms with Crippen molar-refractivity contribution in [3.8, 4) is 11.5 Å². The zero-order chi connectivity index (χ0) is 18.7. The van der Waals surface area contributed by atoms with Crippen LogP contribution in [0.3, 0.4) is 0 Å². The zero-order valence-corrected chi connectivity index (χ0v) is 16.6. The highest BCUT2D eigenvalue weighted by molar-refractivity contribution is 7.89. The molecule has 1 aliphatic rings. The number of nitrogens with one attached hydrogen (secondary N) is 1. The van der Waals surface area contributed by atoms with Crippen LogP contribution in [-0.4, -0.2) is 46.6 Å².